The standard InChI is InChI=1S/C19H25N5O/c1-16-4-2-5-17(22-16)13-23-10-11-25-19(14-23)6-3-9-24(15-19)18-12-20-7-8-21-18/h2,4-5,7-8,12H,3,6,9-11,13-15H2,1H3/t19-/m0/s1. The Hall–Kier alpha value is -2.05. The zero-order chi connectivity index (χ0) is 17.1. The lowest BCUT2D eigenvalue weighted by Gasteiger charge is -2.48. The minimum absolute atomic E-state index is 0.113. The van der Waals surface area contributed by atoms with Crippen molar-refractivity contribution in [2.45, 2.75) is 31.9 Å². The van der Waals surface area contributed by atoms with Crippen LogP contribution in [0.5, 0.6) is 0 Å². The monoisotopic (exact) mass is 339 g/mol. The first-order valence-corrected chi connectivity index (χ1v) is 9.02. The summed E-state index contributed by atoms with van der Waals surface area (Å²) in [5, 5.41) is 0. The Morgan fingerprint density at radius 1 is 1.20 bits per heavy atom. The molecule has 2 aliphatic heterocycles. The van der Waals surface area contributed by atoms with Gasteiger partial charge in [-0.25, -0.2) is 4.98 Å². The first kappa shape index (κ1) is 16.4. The number of nitrogens with zero attached hydrogens (tertiary/aromatic N) is 5. The number of hydrogen-bond acceptors (Lipinski definition) is 6. The SMILES string of the molecule is Cc1cccc(CN2CCO[C@@]3(CCCN(c4cnccn4)C3)C2)n1. The van der Waals surface area contributed by atoms with Gasteiger partial charge in [0.05, 0.1) is 24.1 Å². The van der Waals surface area contributed by atoms with Crippen LogP contribution in [0.25, 0.3) is 0 Å². The lowest BCUT2D eigenvalue weighted by atomic mass is 9.90. The summed E-state index contributed by atoms with van der Waals surface area (Å²) in [6.45, 7) is 7.51. The maximum absolute atomic E-state index is 6.30. The van der Waals surface area contributed by atoms with Crippen LogP contribution in [0.2, 0.25) is 0 Å². The minimum atomic E-state index is -0.113. The van der Waals surface area contributed by atoms with Crippen LogP contribution in [0.3, 0.4) is 0 Å². The minimum Gasteiger partial charge on any atom is -0.370 e. The van der Waals surface area contributed by atoms with Gasteiger partial charge in [-0.1, -0.05) is 6.07 Å². The third-order valence-corrected chi connectivity index (χ3v) is 5.07. The highest BCUT2D eigenvalue weighted by atomic mass is 16.5. The van der Waals surface area contributed by atoms with E-state index in [0.717, 1.165) is 69.4 Å². The summed E-state index contributed by atoms with van der Waals surface area (Å²) in [4.78, 5) is 18.1. The molecule has 132 valence electrons. The second kappa shape index (κ2) is 7.06. The van der Waals surface area contributed by atoms with Crippen molar-refractivity contribution in [2.75, 3.05) is 37.7 Å². The third-order valence-electron chi connectivity index (χ3n) is 5.07. The van der Waals surface area contributed by atoms with Crippen LogP contribution in [0.15, 0.2) is 36.8 Å². The fourth-order valence-electron chi connectivity index (χ4n) is 3.97. The van der Waals surface area contributed by atoms with Crippen LogP contribution in [0, 0.1) is 6.92 Å². The van der Waals surface area contributed by atoms with Gasteiger partial charge in [0.25, 0.3) is 0 Å². The number of pyridine rings is 1. The van der Waals surface area contributed by atoms with E-state index in [2.05, 4.69) is 36.9 Å². The predicted octanol–water partition coefficient (Wildman–Crippen LogP) is 2.05. The Morgan fingerprint density at radius 2 is 2.16 bits per heavy atom. The number of piperidine rings is 1. The number of morpholine rings is 1. The molecule has 1 atom stereocenters. The van der Waals surface area contributed by atoms with Crippen molar-refractivity contribution < 1.29 is 4.74 Å². The van der Waals surface area contributed by atoms with Crippen molar-refractivity contribution in [1.82, 2.24) is 19.9 Å². The maximum atomic E-state index is 6.30. The molecule has 0 radical (unpaired) electrons. The molecule has 2 aliphatic rings. The van der Waals surface area contributed by atoms with Crippen molar-refractivity contribution in [3.63, 3.8) is 0 Å². The van der Waals surface area contributed by atoms with Crippen molar-refractivity contribution in [3.8, 4) is 0 Å². The van der Waals surface area contributed by atoms with Crippen LogP contribution in [0.1, 0.15) is 24.2 Å². The fraction of sp³-hybridized carbons (Fsp3) is 0.526. The van der Waals surface area contributed by atoms with Gasteiger partial charge >= 0.3 is 0 Å². The van der Waals surface area contributed by atoms with E-state index in [9.17, 15) is 0 Å². The van der Waals surface area contributed by atoms with E-state index in [1.54, 1.807) is 12.4 Å². The summed E-state index contributed by atoms with van der Waals surface area (Å²) >= 11 is 0. The molecule has 0 unspecified atom stereocenters. The Kier molecular flexibility index (Phi) is 4.63. The number of hydrogen-bond donors (Lipinski definition) is 0. The molecule has 6 heteroatoms. The predicted molar refractivity (Wildman–Crippen MR) is 96.4 cm³/mol. The maximum Gasteiger partial charge on any atom is 0.147 e. The summed E-state index contributed by atoms with van der Waals surface area (Å²) in [6.07, 6.45) is 7.54. The van der Waals surface area contributed by atoms with Crippen LogP contribution in [0.4, 0.5) is 5.82 Å². The molecule has 2 aromatic rings. The Balaban J connectivity index is 1.46. The van der Waals surface area contributed by atoms with Crippen molar-refractivity contribution in [1.29, 1.82) is 0 Å². The Labute approximate surface area is 148 Å². The van der Waals surface area contributed by atoms with Crippen LogP contribution >= 0.6 is 0 Å². The Morgan fingerprint density at radius 3 is 3.00 bits per heavy atom. The van der Waals surface area contributed by atoms with Gasteiger partial charge in [-0.2, -0.15) is 0 Å². The summed E-state index contributed by atoms with van der Waals surface area (Å²) in [5.41, 5.74) is 2.10. The third kappa shape index (κ3) is 3.80. The largest absolute Gasteiger partial charge is 0.370 e. The van der Waals surface area contributed by atoms with Crippen LogP contribution in [-0.4, -0.2) is 58.2 Å². The second-order valence-corrected chi connectivity index (χ2v) is 7.10. The molecule has 6 nitrogen and oxygen atoms in total. The molecule has 0 amide bonds. The summed E-state index contributed by atoms with van der Waals surface area (Å²) in [6, 6.07) is 6.25. The summed E-state index contributed by atoms with van der Waals surface area (Å²) < 4.78 is 6.30. The molecule has 0 N–H and O–H groups in total. The van der Waals surface area contributed by atoms with E-state index >= 15 is 0 Å². The van der Waals surface area contributed by atoms with E-state index < -0.39 is 0 Å². The molecule has 0 aliphatic carbocycles. The van der Waals surface area contributed by atoms with Gasteiger partial charge in [0, 0.05) is 50.8 Å². The molecule has 2 fully saturated rings. The Bertz CT molecular complexity index is 706. The van der Waals surface area contributed by atoms with Gasteiger partial charge in [-0.3, -0.25) is 14.9 Å². The molecule has 1 spiro atoms. The van der Waals surface area contributed by atoms with Crippen molar-refractivity contribution >= 4 is 5.82 Å². The summed E-state index contributed by atoms with van der Waals surface area (Å²) in [7, 11) is 0. The molecule has 0 aromatic carbocycles. The van der Waals surface area contributed by atoms with Gasteiger partial charge in [-0.05, 0) is 31.9 Å². The lowest BCUT2D eigenvalue weighted by Crippen LogP contribution is -2.59. The smallest absolute Gasteiger partial charge is 0.147 e. The number of aryl methyl sites for hydroxylation is 1. The van der Waals surface area contributed by atoms with E-state index in [1.165, 1.54) is 0 Å². The van der Waals surface area contributed by atoms with Crippen LogP contribution in [-0.2, 0) is 11.3 Å². The highest BCUT2D eigenvalue weighted by Crippen LogP contribution is 2.31. The summed E-state index contributed by atoms with van der Waals surface area (Å²) in [5.74, 6) is 0.947. The molecular formula is C19H25N5O. The number of ether oxygens (including phenoxy) is 1. The normalized spacial score (nSPS) is 24.6. The molecule has 0 saturated carbocycles. The van der Waals surface area contributed by atoms with Crippen molar-refractivity contribution in [2.24, 2.45) is 0 Å². The van der Waals surface area contributed by atoms with E-state index in [0.29, 0.717) is 0 Å². The molecule has 4 rings (SSSR count). The lowest BCUT2D eigenvalue weighted by molar-refractivity contribution is -0.116. The van der Waals surface area contributed by atoms with Gasteiger partial charge < -0.3 is 9.64 Å². The topological polar surface area (TPSA) is 54.4 Å². The van der Waals surface area contributed by atoms with E-state index in [1.807, 2.05) is 19.2 Å². The fourth-order valence-corrected chi connectivity index (χ4v) is 3.97. The molecule has 25 heavy (non-hydrogen) atoms. The molecule has 0 bridgehead atoms. The molecule has 4 heterocycles. The van der Waals surface area contributed by atoms with Gasteiger partial charge in [-0.15, -0.1) is 0 Å². The molecular weight excluding hydrogens is 314 g/mol. The first-order chi connectivity index (χ1) is 12.2. The van der Waals surface area contributed by atoms with Gasteiger partial charge in [0.15, 0.2) is 0 Å². The number of aromatic nitrogens is 3. The highest BCUT2D eigenvalue weighted by molar-refractivity contribution is 5.36. The average molecular weight is 339 g/mol. The highest BCUT2D eigenvalue weighted by Gasteiger charge is 2.41. The number of anilines is 1. The van der Waals surface area contributed by atoms with Crippen LogP contribution < -0.4 is 4.90 Å². The first-order valence-electron chi connectivity index (χ1n) is 9.02. The second-order valence-electron chi connectivity index (χ2n) is 7.10. The molecule has 2 saturated heterocycles. The van der Waals surface area contributed by atoms with Crippen molar-refractivity contribution in [3.05, 3.63) is 48.2 Å². The zero-order valence-electron chi connectivity index (χ0n) is 14.8. The van der Waals surface area contributed by atoms with Gasteiger partial charge in [0.1, 0.15) is 5.82 Å². The van der Waals surface area contributed by atoms with E-state index in [-0.39, 0.29) is 5.60 Å². The molecule has 2 aromatic heterocycles. The average Bonchev–Trinajstić information content (AvgIpc) is 2.63. The quantitative estimate of drug-likeness (QED) is 0.853. The number of rotatable bonds is 3. The van der Waals surface area contributed by atoms with E-state index in [4.69, 9.17) is 4.74 Å². The van der Waals surface area contributed by atoms with Gasteiger partial charge in [0.2, 0.25) is 0 Å². The zero-order valence-corrected chi connectivity index (χ0v) is 14.8.